The van der Waals surface area contributed by atoms with Gasteiger partial charge in [0.15, 0.2) is 0 Å². The predicted octanol–water partition coefficient (Wildman–Crippen LogP) is 4.85. The highest BCUT2D eigenvalue weighted by Gasteiger charge is 2.19. The zero-order valence-electron chi connectivity index (χ0n) is 16.6. The van der Waals surface area contributed by atoms with Gasteiger partial charge in [-0.3, -0.25) is 0 Å². The van der Waals surface area contributed by atoms with Crippen molar-refractivity contribution >= 4 is 11.5 Å². The number of aromatic nitrogens is 2. The number of carbonyl (C=O) groups excluding carboxylic acids is 1. The molecule has 0 aliphatic carbocycles. The molecule has 1 aromatic carbocycles. The first-order chi connectivity index (χ1) is 13.4. The minimum Gasteiger partial charge on any atom is -0.456 e. The standard InChI is InChI=1S/C23H26N2O3/c1-23(2,3)28-22(26)18-6-4-17(5-7-18)20-14-24-25-15-19(8-9-21(20)25)16-10-12-27-13-11-16/h4-9,14-16H,10-13H2,1-3H3. The van der Waals surface area contributed by atoms with Gasteiger partial charge in [-0.2, -0.15) is 5.10 Å². The van der Waals surface area contributed by atoms with E-state index in [9.17, 15) is 4.79 Å². The molecule has 28 heavy (non-hydrogen) atoms. The van der Waals surface area contributed by atoms with Gasteiger partial charge in [0.05, 0.1) is 17.3 Å². The van der Waals surface area contributed by atoms with Gasteiger partial charge in [0.2, 0.25) is 0 Å². The number of hydrogen-bond donors (Lipinski definition) is 0. The lowest BCUT2D eigenvalue weighted by atomic mass is 9.93. The highest BCUT2D eigenvalue weighted by Crippen LogP contribution is 2.30. The second-order valence-electron chi connectivity index (χ2n) is 8.32. The van der Waals surface area contributed by atoms with Crippen molar-refractivity contribution in [3.05, 3.63) is 59.9 Å². The van der Waals surface area contributed by atoms with Crippen molar-refractivity contribution in [2.24, 2.45) is 0 Å². The number of rotatable bonds is 3. The molecule has 0 unspecified atom stereocenters. The zero-order valence-corrected chi connectivity index (χ0v) is 16.6. The van der Waals surface area contributed by atoms with Crippen LogP contribution in [0.25, 0.3) is 16.6 Å². The molecule has 0 spiro atoms. The van der Waals surface area contributed by atoms with Crippen LogP contribution in [-0.4, -0.2) is 34.4 Å². The summed E-state index contributed by atoms with van der Waals surface area (Å²) in [6.45, 7) is 7.26. The summed E-state index contributed by atoms with van der Waals surface area (Å²) < 4.78 is 12.8. The Kier molecular flexibility index (Phi) is 4.94. The van der Waals surface area contributed by atoms with Crippen molar-refractivity contribution < 1.29 is 14.3 Å². The normalized spacial score (nSPS) is 15.7. The van der Waals surface area contributed by atoms with Crippen LogP contribution < -0.4 is 0 Å². The van der Waals surface area contributed by atoms with Gasteiger partial charge in [-0.25, -0.2) is 9.31 Å². The molecule has 0 saturated carbocycles. The van der Waals surface area contributed by atoms with Crippen LogP contribution >= 0.6 is 0 Å². The molecular formula is C23H26N2O3. The maximum Gasteiger partial charge on any atom is 0.338 e. The Morgan fingerprint density at radius 1 is 1.11 bits per heavy atom. The second kappa shape index (κ2) is 7.40. The number of ether oxygens (including phenoxy) is 2. The third-order valence-corrected chi connectivity index (χ3v) is 5.06. The van der Waals surface area contributed by atoms with Crippen molar-refractivity contribution in [1.29, 1.82) is 0 Å². The fourth-order valence-electron chi connectivity index (χ4n) is 3.62. The van der Waals surface area contributed by atoms with Gasteiger partial charge in [-0.1, -0.05) is 18.2 Å². The molecule has 0 atom stereocenters. The van der Waals surface area contributed by atoms with Gasteiger partial charge in [0.1, 0.15) is 5.60 Å². The SMILES string of the molecule is CC(C)(C)OC(=O)c1ccc(-c2cnn3cc(C4CCOCC4)ccc23)cc1. The first kappa shape index (κ1) is 18.7. The fourth-order valence-corrected chi connectivity index (χ4v) is 3.62. The number of nitrogens with zero attached hydrogens (tertiary/aromatic N) is 2. The number of benzene rings is 1. The van der Waals surface area contributed by atoms with E-state index < -0.39 is 5.60 Å². The molecule has 2 aromatic heterocycles. The molecule has 3 aromatic rings. The van der Waals surface area contributed by atoms with E-state index >= 15 is 0 Å². The Labute approximate surface area is 165 Å². The Morgan fingerprint density at radius 3 is 2.50 bits per heavy atom. The lowest BCUT2D eigenvalue weighted by Gasteiger charge is -2.22. The Hall–Kier alpha value is -2.66. The Morgan fingerprint density at radius 2 is 1.82 bits per heavy atom. The number of pyridine rings is 1. The van der Waals surface area contributed by atoms with Crippen LogP contribution in [0.2, 0.25) is 0 Å². The quantitative estimate of drug-likeness (QED) is 0.611. The van der Waals surface area contributed by atoms with Gasteiger partial charge < -0.3 is 9.47 Å². The van der Waals surface area contributed by atoms with Crippen LogP contribution in [0.1, 0.15) is 55.5 Å². The maximum absolute atomic E-state index is 12.2. The van der Waals surface area contributed by atoms with Gasteiger partial charge in [0.25, 0.3) is 0 Å². The van der Waals surface area contributed by atoms with Gasteiger partial charge in [-0.05, 0) is 68.9 Å². The van der Waals surface area contributed by atoms with E-state index in [1.54, 1.807) is 0 Å². The summed E-state index contributed by atoms with van der Waals surface area (Å²) in [4.78, 5) is 12.2. The minimum absolute atomic E-state index is 0.306. The molecule has 0 radical (unpaired) electrons. The summed E-state index contributed by atoms with van der Waals surface area (Å²) in [7, 11) is 0. The van der Waals surface area contributed by atoms with E-state index in [4.69, 9.17) is 9.47 Å². The Balaban J connectivity index is 1.58. The predicted molar refractivity (Wildman–Crippen MR) is 109 cm³/mol. The van der Waals surface area contributed by atoms with Crippen molar-refractivity contribution in [3.8, 4) is 11.1 Å². The largest absolute Gasteiger partial charge is 0.456 e. The second-order valence-corrected chi connectivity index (χ2v) is 8.32. The summed E-state index contributed by atoms with van der Waals surface area (Å²) in [5.41, 5.74) is 4.50. The smallest absolute Gasteiger partial charge is 0.338 e. The molecule has 1 fully saturated rings. The lowest BCUT2D eigenvalue weighted by molar-refractivity contribution is 0.00695. The van der Waals surface area contributed by atoms with Gasteiger partial charge in [0, 0.05) is 25.0 Å². The van der Waals surface area contributed by atoms with Crippen molar-refractivity contribution in [1.82, 2.24) is 9.61 Å². The summed E-state index contributed by atoms with van der Waals surface area (Å²) in [6, 6.07) is 11.8. The number of fused-ring (bicyclic) bond motifs is 1. The molecule has 1 saturated heterocycles. The molecule has 5 heteroatoms. The van der Waals surface area contributed by atoms with Crippen LogP contribution in [0.5, 0.6) is 0 Å². The van der Waals surface area contributed by atoms with E-state index in [2.05, 4.69) is 23.4 Å². The monoisotopic (exact) mass is 378 g/mol. The average Bonchev–Trinajstić information content (AvgIpc) is 3.11. The molecule has 1 aliphatic rings. The molecular weight excluding hydrogens is 352 g/mol. The zero-order chi connectivity index (χ0) is 19.7. The lowest BCUT2D eigenvalue weighted by Crippen LogP contribution is -2.23. The van der Waals surface area contributed by atoms with Crippen molar-refractivity contribution in [2.45, 2.75) is 45.1 Å². The third kappa shape index (κ3) is 3.94. The van der Waals surface area contributed by atoms with Crippen LogP contribution in [-0.2, 0) is 9.47 Å². The van der Waals surface area contributed by atoms with E-state index in [0.717, 1.165) is 42.7 Å². The van der Waals surface area contributed by atoms with E-state index in [1.165, 1.54) is 5.56 Å². The van der Waals surface area contributed by atoms with E-state index in [-0.39, 0.29) is 5.97 Å². The molecule has 0 N–H and O–H groups in total. The first-order valence-corrected chi connectivity index (χ1v) is 9.79. The van der Waals surface area contributed by atoms with E-state index in [0.29, 0.717) is 11.5 Å². The number of hydrogen-bond acceptors (Lipinski definition) is 4. The van der Waals surface area contributed by atoms with Crippen molar-refractivity contribution in [3.63, 3.8) is 0 Å². The van der Waals surface area contributed by atoms with Crippen LogP contribution in [0.4, 0.5) is 0 Å². The van der Waals surface area contributed by atoms with Crippen LogP contribution in [0, 0.1) is 0 Å². The van der Waals surface area contributed by atoms with E-state index in [1.807, 2.05) is 55.7 Å². The molecule has 146 valence electrons. The molecule has 0 bridgehead atoms. The number of esters is 1. The fraction of sp³-hybridized carbons (Fsp3) is 0.391. The number of carbonyl (C=O) groups is 1. The molecule has 3 heterocycles. The molecule has 1 aliphatic heterocycles. The summed E-state index contributed by atoms with van der Waals surface area (Å²) in [5.74, 6) is 0.235. The average molecular weight is 378 g/mol. The summed E-state index contributed by atoms with van der Waals surface area (Å²) >= 11 is 0. The highest BCUT2D eigenvalue weighted by atomic mass is 16.6. The molecule has 5 nitrogen and oxygen atoms in total. The van der Waals surface area contributed by atoms with Gasteiger partial charge in [-0.15, -0.1) is 0 Å². The van der Waals surface area contributed by atoms with Crippen LogP contribution in [0.15, 0.2) is 48.8 Å². The third-order valence-electron chi connectivity index (χ3n) is 5.06. The summed E-state index contributed by atoms with van der Waals surface area (Å²) in [5, 5.41) is 4.55. The maximum atomic E-state index is 12.2. The van der Waals surface area contributed by atoms with Crippen LogP contribution in [0.3, 0.4) is 0 Å². The molecule has 0 amide bonds. The minimum atomic E-state index is -0.500. The molecule has 4 rings (SSSR count). The highest BCUT2D eigenvalue weighted by molar-refractivity contribution is 5.91. The van der Waals surface area contributed by atoms with Gasteiger partial charge >= 0.3 is 5.97 Å². The first-order valence-electron chi connectivity index (χ1n) is 9.79. The summed E-state index contributed by atoms with van der Waals surface area (Å²) in [6.07, 6.45) is 6.13. The topological polar surface area (TPSA) is 52.8 Å². The van der Waals surface area contributed by atoms with Crippen molar-refractivity contribution in [2.75, 3.05) is 13.2 Å². The Bertz CT molecular complexity index is 977.